The summed E-state index contributed by atoms with van der Waals surface area (Å²) in [7, 11) is 1.55. The van der Waals surface area contributed by atoms with E-state index in [0.717, 1.165) is 11.3 Å². The quantitative estimate of drug-likeness (QED) is 0.852. The van der Waals surface area contributed by atoms with Crippen molar-refractivity contribution in [1.82, 2.24) is 0 Å². The molecule has 0 radical (unpaired) electrons. The van der Waals surface area contributed by atoms with Crippen molar-refractivity contribution in [3.05, 3.63) is 22.7 Å². The van der Waals surface area contributed by atoms with Gasteiger partial charge in [-0.1, -0.05) is 18.5 Å². The van der Waals surface area contributed by atoms with Gasteiger partial charge in [-0.25, -0.2) is 0 Å². The first kappa shape index (κ1) is 13.6. The Bertz CT molecular complexity index is 420. The highest BCUT2D eigenvalue weighted by molar-refractivity contribution is 6.31. The number of carboxylic acid groups (broad SMARTS) is 1. The van der Waals surface area contributed by atoms with Gasteiger partial charge in [-0.15, -0.1) is 0 Å². The van der Waals surface area contributed by atoms with Crippen LogP contribution in [-0.4, -0.2) is 24.7 Å². The summed E-state index contributed by atoms with van der Waals surface area (Å²) in [5.74, 6) is -0.684. The summed E-state index contributed by atoms with van der Waals surface area (Å²) in [4.78, 5) is 10.7. The van der Waals surface area contributed by atoms with Crippen LogP contribution in [0.3, 0.4) is 0 Å². The number of ether oxygens (including phenoxy) is 1. The molecular weight excluding hydrogens is 242 g/mol. The number of aliphatic carboxylic acids is 1. The third-order valence-corrected chi connectivity index (χ3v) is 2.91. The van der Waals surface area contributed by atoms with Crippen LogP contribution in [0.4, 0.5) is 5.69 Å². The summed E-state index contributed by atoms with van der Waals surface area (Å²) < 4.78 is 5.18. The van der Waals surface area contributed by atoms with Crippen LogP contribution in [-0.2, 0) is 4.79 Å². The van der Waals surface area contributed by atoms with Gasteiger partial charge in [0.25, 0.3) is 0 Å². The first-order valence-electron chi connectivity index (χ1n) is 5.26. The van der Waals surface area contributed by atoms with Gasteiger partial charge in [0.15, 0.2) is 0 Å². The van der Waals surface area contributed by atoms with E-state index >= 15 is 0 Å². The summed E-state index contributed by atoms with van der Waals surface area (Å²) in [5, 5.41) is 12.5. The molecule has 94 valence electrons. The van der Waals surface area contributed by atoms with Crippen LogP contribution in [0.2, 0.25) is 5.02 Å². The number of nitrogens with one attached hydrogen (secondary N) is 1. The lowest BCUT2D eigenvalue weighted by molar-refractivity contribution is -0.140. The van der Waals surface area contributed by atoms with Gasteiger partial charge in [0, 0.05) is 17.6 Å². The minimum absolute atomic E-state index is 0.340. The molecule has 0 amide bonds. The number of hydrogen-bond acceptors (Lipinski definition) is 3. The molecule has 2 N–H and O–H groups in total. The monoisotopic (exact) mass is 257 g/mol. The van der Waals surface area contributed by atoms with Gasteiger partial charge in [-0.05, 0) is 18.6 Å². The summed E-state index contributed by atoms with van der Waals surface area (Å²) >= 11 is 5.98. The van der Waals surface area contributed by atoms with E-state index in [9.17, 15) is 4.79 Å². The zero-order valence-corrected chi connectivity index (χ0v) is 10.8. The lowest BCUT2D eigenvalue weighted by atomic mass is 10.1. The molecule has 1 aromatic rings. The molecule has 4 nitrogen and oxygen atoms in total. The first-order valence-corrected chi connectivity index (χ1v) is 5.64. The maximum Gasteiger partial charge on any atom is 0.308 e. The van der Waals surface area contributed by atoms with Crippen molar-refractivity contribution in [2.45, 2.75) is 13.8 Å². The van der Waals surface area contributed by atoms with Crippen molar-refractivity contribution in [1.29, 1.82) is 0 Å². The third kappa shape index (κ3) is 3.53. The number of rotatable bonds is 5. The first-order chi connectivity index (χ1) is 7.95. The summed E-state index contributed by atoms with van der Waals surface area (Å²) in [6, 6.07) is 3.56. The molecule has 17 heavy (non-hydrogen) atoms. The van der Waals surface area contributed by atoms with Crippen molar-refractivity contribution in [2.75, 3.05) is 19.0 Å². The van der Waals surface area contributed by atoms with E-state index in [2.05, 4.69) is 5.32 Å². The van der Waals surface area contributed by atoms with Gasteiger partial charge in [-0.2, -0.15) is 0 Å². The summed E-state index contributed by atoms with van der Waals surface area (Å²) in [5.41, 5.74) is 1.67. The second-order valence-electron chi connectivity index (χ2n) is 3.92. The average Bonchev–Trinajstić information content (AvgIpc) is 2.29. The fraction of sp³-hybridized carbons (Fsp3) is 0.417. The molecule has 1 aromatic carbocycles. The molecule has 1 rings (SSSR count). The molecular formula is C12H16ClNO3. The number of benzene rings is 1. The van der Waals surface area contributed by atoms with E-state index in [4.69, 9.17) is 21.4 Å². The topological polar surface area (TPSA) is 58.6 Å². The van der Waals surface area contributed by atoms with Gasteiger partial charge in [0.2, 0.25) is 0 Å². The maximum absolute atomic E-state index is 10.7. The molecule has 1 atom stereocenters. The second kappa shape index (κ2) is 5.77. The maximum atomic E-state index is 10.7. The zero-order valence-electron chi connectivity index (χ0n) is 10.1. The summed E-state index contributed by atoms with van der Waals surface area (Å²) in [6.45, 7) is 3.87. The van der Waals surface area contributed by atoms with Gasteiger partial charge in [0.05, 0.1) is 18.7 Å². The van der Waals surface area contributed by atoms with Crippen molar-refractivity contribution in [3.63, 3.8) is 0 Å². The molecule has 1 unspecified atom stereocenters. The Balaban J connectivity index is 2.83. The van der Waals surface area contributed by atoms with Crippen LogP contribution in [0.25, 0.3) is 0 Å². The van der Waals surface area contributed by atoms with E-state index < -0.39 is 11.9 Å². The number of hydrogen-bond donors (Lipinski definition) is 2. The molecule has 5 heteroatoms. The number of methoxy groups -OCH3 is 1. The van der Waals surface area contributed by atoms with E-state index in [1.165, 1.54) is 0 Å². The largest absolute Gasteiger partial charge is 0.495 e. The van der Waals surface area contributed by atoms with Gasteiger partial charge in [-0.3, -0.25) is 4.79 Å². The molecule has 0 fully saturated rings. The lowest BCUT2D eigenvalue weighted by Gasteiger charge is -2.14. The minimum atomic E-state index is -0.831. The fourth-order valence-electron chi connectivity index (χ4n) is 1.32. The van der Waals surface area contributed by atoms with Crippen molar-refractivity contribution in [3.8, 4) is 5.75 Å². The van der Waals surface area contributed by atoms with E-state index in [1.54, 1.807) is 20.1 Å². The van der Waals surface area contributed by atoms with E-state index in [1.807, 2.05) is 13.0 Å². The normalized spacial score (nSPS) is 12.0. The van der Waals surface area contributed by atoms with Gasteiger partial charge >= 0.3 is 5.97 Å². The predicted molar refractivity (Wildman–Crippen MR) is 68.0 cm³/mol. The number of aryl methyl sites for hydroxylation is 1. The number of halogens is 1. The zero-order chi connectivity index (χ0) is 13.0. The average molecular weight is 258 g/mol. The highest BCUT2D eigenvalue weighted by Gasteiger charge is 2.12. The minimum Gasteiger partial charge on any atom is -0.495 e. The van der Waals surface area contributed by atoms with Crippen LogP contribution in [0.1, 0.15) is 12.5 Å². The van der Waals surface area contributed by atoms with Crippen LogP contribution >= 0.6 is 11.6 Å². The van der Waals surface area contributed by atoms with E-state index in [-0.39, 0.29) is 0 Å². The SMILES string of the molecule is COc1cc(Cl)c(C)cc1NCC(C)C(=O)O. The number of carboxylic acids is 1. The molecule has 0 bridgehead atoms. The smallest absolute Gasteiger partial charge is 0.308 e. The van der Waals surface area contributed by atoms with Gasteiger partial charge in [0.1, 0.15) is 5.75 Å². The van der Waals surface area contributed by atoms with Crippen LogP contribution in [0.15, 0.2) is 12.1 Å². The standard InChI is InChI=1S/C12H16ClNO3/c1-7-4-10(11(17-3)5-9(7)13)14-6-8(2)12(15)16/h4-5,8,14H,6H2,1-3H3,(H,15,16). The van der Waals surface area contributed by atoms with Crippen LogP contribution < -0.4 is 10.1 Å². The molecule has 0 spiro atoms. The molecule has 0 heterocycles. The molecule has 0 saturated carbocycles. The Labute approximate surface area is 106 Å². The fourth-order valence-corrected chi connectivity index (χ4v) is 1.47. The Morgan fingerprint density at radius 3 is 2.76 bits per heavy atom. The van der Waals surface area contributed by atoms with Crippen LogP contribution in [0.5, 0.6) is 5.75 Å². The molecule has 0 saturated heterocycles. The van der Waals surface area contributed by atoms with Crippen molar-refractivity contribution in [2.24, 2.45) is 5.92 Å². The lowest BCUT2D eigenvalue weighted by Crippen LogP contribution is -2.19. The Morgan fingerprint density at radius 1 is 1.59 bits per heavy atom. The molecule has 0 aliphatic rings. The molecule has 0 aliphatic heterocycles. The number of carbonyl (C=O) groups is 1. The highest BCUT2D eigenvalue weighted by atomic mass is 35.5. The van der Waals surface area contributed by atoms with Crippen molar-refractivity contribution < 1.29 is 14.6 Å². The van der Waals surface area contributed by atoms with Gasteiger partial charge < -0.3 is 15.2 Å². The predicted octanol–water partition coefficient (Wildman–Crippen LogP) is 2.79. The Morgan fingerprint density at radius 2 is 2.24 bits per heavy atom. The Hall–Kier alpha value is -1.42. The number of anilines is 1. The highest BCUT2D eigenvalue weighted by Crippen LogP contribution is 2.30. The van der Waals surface area contributed by atoms with E-state index in [0.29, 0.717) is 17.3 Å². The van der Waals surface area contributed by atoms with Crippen molar-refractivity contribution >= 4 is 23.3 Å². The molecule has 0 aliphatic carbocycles. The van der Waals surface area contributed by atoms with Crippen LogP contribution in [0, 0.1) is 12.8 Å². The summed E-state index contributed by atoms with van der Waals surface area (Å²) in [6.07, 6.45) is 0. The molecule has 0 aromatic heterocycles. The Kier molecular flexibility index (Phi) is 4.63. The third-order valence-electron chi connectivity index (χ3n) is 2.50. The second-order valence-corrected chi connectivity index (χ2v) is 4.33.